The summed E-state index contributed by atoms with van der Waals surface area (Å²) in [7, 11) is 1.57. The van der Waals surface area contributed by atoms with Gasteiger partial charge in [0.05, 0.1) is 12.8 Å². The average Bonchev–Trinajstić information content (AvgIpc) is 3.03. The molecule has 0 fully saturated rings. The summed E-state index contributed by atoms with van der Waals surface area (Å²) in [4.78, 5) is 12.5. The molecule has 0 saturated heterocycles. The summed E-state index contributed by atoms with van der Waals surface area (Å²) in [6.07, 6.45) is 0. The van der Waals surface area contributed by atoms with Gasteiger partial charge in [-0.1, -0.05) is 29.8 Å². The summed E-state index contributed by atoms with van der Waals surface area (Å²) in [6, 6.07) is 15.0. The lowest BCUT2D eigenvalue weighted by Gasteiger charge is -2.14. The molecule has 0 saturated carbocycles. The molecule has 5 nitrogen and oxygen atoms in total. The first-order valence-corrected chi connectivity index (χ1v) is 9.52. The van der Waals surface area contributed by atoms with Gasteiger partial charge < -0.3 is 19.2 Å². The molecular formula is C23H20ClNO4. The molecule has 0 aliphatic carbocycles. The second-order valence-electron chi connectivity index (χ2n) is 6.85. The summed E-state index contributed by atoms with van der Waals surface area (Å²) >= 11 is 6.05. The van der Waals surface area contributed by atoms with E-state index in [0.29, 0.717) is 27.8 Å². The van der Waals surface area contributed by atoms with Crippen molar-refractivity contribution in [2.24, 2.45) is 0 Å². The zero-order valence-corrected chi connectivity index (χ0v) is 17.1. The fourth-order valence-corrected chi connectivity index (χ4v) is 3.79. The van der Waals surface area contributed by atoms with Crippen molar-refractivity contribution < 1.29 is 18.7 Å². The highest BCUT2D eigenvalue weighted by Crippen LogP contribution is 2.36. The number of rotatable bonds is 5. The van der Waals surface area contributed by atoms with Crippen LogP contribution in [0.1, 0.15) is 11.1 Å². The summed E-state index contributed by atoms with van der Waals surface area (Å²) < 4.78 is 17.1. The number of nitrogens with one attached hydrogen (secondary N) is 1. The van der Waals surface area contributed by atoms with Crippen LogP contribution in [0.25, 0.3) is 21.9 Å². The molecule has 0 radical (unpaired) electrons. The summed E-state index contributed by atoms with van der Waals surface area (Å²) in [5.74, 6) is 0.910. The number of ether oxygens (including phenoxy) is 2. The van der Waals surface area contributed by atoms with E-state index >= 15 is 0 Å². The van der Waals surface area contributed by atoms with Gasteiger partial charge in [0.1, 0.15) is 22.7 Å². The Kier molecular flexibility index (Phi) is 5.07. The third kappa shape index (κ3) is 3.74. The van der Waals surface area contributed by atoms with Crippen LogP contribution in [0.3, 0.4) is 0 Å². The van der Waals surface area contributed by atoms with E-state index in [1.807, 2.05) is 44.2 Å². The maximum Gasteiger partial charge on any atom is 0.262 e. The van der Waals surface area contributed by atoms with Crippen molar-refractivity contribution >= 4 is 45.1 Å². The molecule has 1 amide bonds. The Labute approximate surface area is 173 Å². The van der Waals surface area contributed by atoms with Crippen molar-refractivity contribution in [3.8, 4) is 11.5 Å². The van der Waals surface area contributed by atoms with Gasteiger partial charge in [0, 0.05) is 21.9 Å². The van der Waals surface area contributed by atoms with Crippen molar-refractivity contribution in [2.75, 3.05) is 19.0 Å². The molecule has 1 N–H and O–H groups in total. The van der Waals surface area contributed by atoms with Crippen molar-refractivity contribution in [3.63, 3.8) is 0 Å². The lowest BCUT2D eigenvalue weighted by Crippen LogP contribution is -2.21. The van der Waals surface area contributed by atoms with Crippen LogP contribution in [-0.2, 0) is 4.79 Å². The Morgan fingerprint density at radius 2 is 1.76 bits per heavy atom. The van der Waals surface area contributed by atoms with Crippen LogP contribution in [-0.4, -0.2) is 19.6 Å². The Hall–Kier alpha value is -3.18. The molecule has 0 unspecified atom stereocenters. The standard InChI is InChI=1S/C23H20ClNO4/c1-13-8-15(24)9-14(2)23(13)28-12-22(26)25-18-11-20-17(10-21(18)27-3)16-6-4-5-7-19(16)29-20/h4-11H,12H2,1-3H3,(H,25,26). The number of hydrogen-bond acceptors (Lipinski definition) is 4. The number of hydrogen-bond donors (Lipinski definition) is 1. The smallest absolute Gasteiger partial charge is 0.262 e. The summed E-state index contributed by atoms with van der Waals surface area (Å²) in [5.41, 5.74) is 3.74. The Balaban J connectivity index is 1.57. The molecule has 6 heteroatoms. The van der Waals surface area contributed by atoms with Gasteiger partial charge in [-0.25, -0.2) is 0 Å². The van der Waals surface area contributed by atoms with E-state index in [4.69, 9.17) is 25.5 Å². The highest BCUT2D eigenvalue weighted by atomic mass is 35.5. The van der Waals surface area contributed by atoms with Crippen LogP contribution in [0.5, 0.6) is 11.5 Å². The van der Waals surface area contributed by atoms with Crippen molar-refractivity contribution in [3.05, 3.63) is 64.7 Å². The first-order valence-electron chi connectivity index (χ1n) is 9.15. The summed E-state index contributed by atoms with van der Waals surface area (Å²) in [6.45, 7) is 3.65. The van der Waals surface area contributed by atoms with E-state index < -0.39 is 0 Å². The lowest BCUT2D eigenvalue weighted by molar-refractivity contribution is -0.118. The van der Waals surface area contributed by atoms with Gasteiger partial charge >= 0.3 is 0 Å². The Morgan fingerprint density at radius 1 is 1.03 bits per heavy atom. The highest BCUT2D eigenvalue weighted by molar-refractivity contribution is 6.30. The molecular weight excluding hydrogens is 390 g/mol. The number of halogens is 1. The summed E-state index contributed by atoms with van der Waals surface area (Å²) in [5, 5.41) is 5.41. The van der Waals surface area contributed by atoms with Crippen LogP contribution in [0, 0.1) is 13.8 Å². The minimum absolute atomic E-state index is 0.134. The predicted octanol–water partition coefficient (Wildman–Crippen LogP) is 5.88. The number of carbonyl (C=O) groups is 1. The minimum atomic E-state index is -0.299. The Morgan fingerprint density at radius 3 is 2.48 bits per heavy atom. The second kappa shape index (κ2) is 7.68. The molecule has 1 heterocycles. The Bertz CT molecular complexity index is 1210. The average molecular weight is 410 g/mol. The van der Waals surface area contributed by atoms with E-state index in [0.717, 1.165) is 27.5 Å². The molecule has 0 atom stereocenters. The van der Waals surface area contributed by atoms with E-state index in [1.54, 1.807) is 25.3 Å². The van der Waals surface area contributed by atoms with Gasteiger partial charge in [0.25, 0.3) is 5.91 Å². The number of carbonyl (C=O) groups excluding carboxylic acids is 1. The molecule has 0 aliphatic rings. The van der Waals surface area contributed by atoms with Crippen molar-refractivity contribution in [1.82, 2.24) is 0 Å². The van der Waals surface area contributed by atoms with Crippen molar-refractivity contribution in [2.45, 2.75) is 13.8 Å². The fourth-order valence-electron chi connectivity index (χ4n) is 3.47. The number of methoxy groups -OCH3 is 1. The molecule has 0 bridgehead atoms. The number of furan rings is 1. The molecule has 3 aromatic carbocycles. The zero-order valence-electron chi connectivity index (χ0n) is 16.3. The number of benzene rings is 3. The third-order valence-corrected chi connectivity index (χ3v) is 4.96. The molecule has 4 rings (SSSR count). The lowest BCUT2D eigenvalue weighted by atomic mass is 10.1. The van der Waals surface area contributed by atoms with E-state index in [1.165, 1.54) is 0 Å². The van der Waals surface area contributed by atoms with Gasteiger partial charge in [-0.05, 0) is 49.2 Å². The molecule has 0 aliphatic heterocycles. The number of amides is 1. The maximum absolute atomic E-state index is 12.5. The van der Waals surface area contributed by atoms with Crippen LogP contribution >= 0.6 is 11.6 Å². The molecule has 0 spiro atoms. The van der Waals surface area contributed by atoms with Crippen molar-refractivity contribution in [1.29, 1.82) is 0 Å². The quantitative estimate of drug-likeness (QED) is 0.447. The number of para-hydroxylation sites is 1. The number of anilines is 1. The van der Waals surface area contributed by atoms with Crippen LogP contribution in [0.15, 0.2) is 52.9 Å². The number of aryl methyl sites for hydroxylation is 2. The first kappa shape index (κ1) is 19.2. The largest absolute Gasteiger partial charge is 0.495 e. The normalized spacial score (nSPS) is 11.0. The maximum atomic E-state index is 12.5. The van der Waals surface area contributed by atoms with Crippen LogP contribution < -0.4 is 14.8 Å². The third-order valence-electron chi connectivity index (χ3n) is 4.75. The topological polar surface area (TPSA) is 60.7 Å². The van der Waals surface area contributed by atoms with Gasteiger partial charge in [-0.15, -0.1) is 0 Å². The molecule has 29 heavy (non-hydrogen) atoms. The van der Waals surface area contributed by atoms with Gasteiger partial charge in [0.2, 0.25) is 0 Å². The van der Waals surface area contributed by atoms with Gasteiger partial charge in [-0.3, -0.25) is 4.79 Å². The molecule has 4 aromatic rings. The number of fused-ring (bicyclic) bond motifs is 3. The predicted molar refractivity (Wildman–Crippen MR) is 115 cm³/mol. The fraction of sp³-hybridized carbons (Fsp3) is 0.174. The van der Waals surface area contributed by atoms with E-state index in [9.17, 15) is 4.79 Å². The van der Waals surface area contributed by atoms with Crippen LogP contribution in [0.2, 0.25) is 5.02 Å². The SMILES string of the molecule is COc1cc2c(cc1NC(=O)COc1c(C)cc(Cl)cc1C)oc1ccccc12. The zero-order chi connectivity index (χ0) is 20.5. The molecule has 1 aromatic heterocycles. The first-order chi connectivity index (χ1) is 14.0. The van der Waals surface area contributed by atoms with Crippen LogP contribution in [0.4, 0.5) is 5.69 Å². The minimum Gasteiger partial charge on any atom is -0.495 e. The van der Waals surface area contributed by atoms with E-state index in [2.05, 4.69) is 5.32 Å². The van der Waals surface area contributed by atoms with Gasteiger partial charge in [0.15, 0.2) is 6.61 Å². The second-order valence-corrected chi connectivity index (χ2v) is 7.29. The van der Waals surface area contributed by atoms with E-state index in [-0.39, 0.29) is 12.5 Å². The monoisotopic (exact) mass is 409 g/mol. The molecule has 148 valence electrons. The van der Waals surface area contributed by atoms with Gasteiger partial charge in [-0.2, -0.15) is 0 Å². The highest BCUT2D eigenvalue weighted by Gasteiger charge is 2.15.